The zero-order valence-corrected chi connectivity index (χ0v) is 13.0. The smallest absolute Gasteiger partial charge is 0.269 e. The van der Waals surface area contributed by atoms with Crippen LogP contribution in [0.15, 0.2) is 34.8 Å². The second kappa shape index (κ2) is 6.39. The van der Waals surface area contributed by atoms with Gasteiger partial charge in [0, 0.05) is 17.7 Å². The van der Waals surface area contributed by atoms with Gasteiger partial charge in [-0.05, 0) is 50.6 Å². The number of nitro groups is 1. The van der Waals surface area contributed by atoms with Crippen LogP contribution >= 0.6 is 0 Å². The van der Waals surface area contributed by atoms with E-state index in [0.717, 1.165) is 0 Å². The first-order valence-corrected chi connectivity index (χ1v) is 6.89. The second-order valence-corrected chi connectivity index (χ2v) is 5.08. The van der Waals surface area contributed by atoms with Gasteiger partial charge in [-0.2, -0.15) is 0 Å². The van der Waals surface area contributed by atoms with E-state index in [2.05, 4.69) is 0 Å². The van der Waals surface area contributed by atoms with Crippen molar-refractivity contribution < 1.29 is 18.9 Å². The van der Waals surface area contributed by atoms with Crippen LogP contribution in [0.3, 0.4) is 0 Å². The van der Waals surface area contributed by atoms with E-state index in [1.165, 1.54) is 38.1 Å². The third-order valence-corrected chi connectivity index (χ3v) is 3.30. The summed E-state index contributed by atoms with van der Waals surface area (Å²) in [5.74, 6) is 0.478. The molecule has 23 heavy (non-hydrogen) atoms. The predicted molar refractivity (Wildman–Crippen MR) is 85.3 cm³/mol. The number of nitrogens with zero attached hydrogens (tertiary/aromatic N) is 1. The Bertz CT molecular complexity index is 812. The highest BCUT2D eigenvalue weighted by Crippen LogP contribution is 2.34. The van der Waals surface area contributed by atoms with Gasteiger partial charge in [-0.3, -0.25) is 19.7 Å². The Kier molecular flexibility index (Phi) is 4.55. The molecule has 0 N–H and O–H groups in total. The number of carbonyl (C=O) groups is 2. The van der Waals surface area contributed by atoms with Crippen LogP contribution in [0.2, 0.25) is 0 Å². The summed E-state index contributed by atoms with van der Waals surface area (Å²) < 4.78 is 5.60. The summed E-state index contributed by atoms with van der Waals surface area (Å²) in [5, 5.41) is 10.8. The molecule has 0 spiro atoms. The molecule has 0 aliphatic carbocycles. The van der Waals surface area contributed by atoms with Gasteiger partial charge in [0.1, 0.15) is 11.5 Å². The molecule has 6 heteroatoms. The monoisotopic (exact) mass is 313 g/mol. The molecule has 0 aliphatic heterocycles. The molecule has 0 radical (unpaired) electrons. The molecule has 1 aromatic carbocycles. The molecule has 0 bridgehead atoms. The van der Waals surface area contributed by atoms with Gasteiger partial charge in [-0.25, -0.2) is 0 Å². The third-order valence-electron chi connectivity index (χ3n) is 3.30. The van der Waals surface area contributed by atoms with Crippen LogP contribution < -0.4 is 0 Å². The predicted octanol–water partition coefficient (Wildman–Crippen LogP) is 3.97. The molecule has 0 atom stereocenters. The molecule has 2 rings (SSSR count). The number of hydrogen-bond acceptors (Lipinski definition) is 5. The van der Waals surface area contributed by atoms with Gasteiger partial charge in [0.25, 0.3) is 5.69 Å². The van der Waals surface area contributed by atoms with Crippen molar-refractivity contribution in [2.75, 3.05) is 0 Å². The average molecular weight is 313 g/mol. The molecule has 1 aromatic heterocycles. The van der Waals surface area contributed by atoms with E-state index in [9.17, 15) is 19.7 Å². The lowest BCUT2D eigenvalue weighted by Crippen LogP contribution is -1.96. The number of furan rings is 1. The van der Waals surface area contributed by atoms with Crippen LogP contribution in [0.25, 0.3) is 17.2 Å². The van der Waals surface area contributed by atoms with Crippen LogP contribution in [-0.2, 0) is 4.79 Å². The molecule has 118 valence electrons. The lowest BCUT2D eigenvalue weighted by atomic mass is 9.97. The Balaban J connectivity index is 2.64. The van der Waals surface area contributed by atoms with Crippen molar-refractivity contribution >= 4 is 23.3 Å². The number of benzene rings is 1. The van der Waals surface area contributed by atoms with Crippen molar-refractivity contribution in [2.24, 2.45) is 0 Å². The number of nitro benzene ring substituents is 1. The highest BCUT2D eigenvalue weighted by Gasteiger charge is 2.21. The van der Waals surface area contributed by atoms with Crippen molar-refractivity contribution in [1.82, 2.24) is 0 Å². The van der Waals surface area contributed by atoms with Gasteiger partial charge < -0.3 is 4.42 Å². The number of aryl methyl sites for hydroxylation is 1. The van der Waals surface area contributed by atoms with Crippen molar-refractivity contribution in [3.8, 4) is 11.1 Å². The van der Waals surface area contributed by atoms with Gasteiger partial charge in [0.15, 0.2) is 11.6 Å². The minimum absolute atomic E-state index is 0.0424. The summed E-state index contributed by atoms with van der Waals surface area (Å²) in [6.45, 7) is 4.49. The molecule has 1 heterocycles. The van der Waals surface area contributed by atoms with E-state index >= 15 is 0 Å². The lowest BCUT2D eigenvalue weighted by Gasteiger charge is -2.03. The van der Waals surface area contributed by atoms with E-state index in [1.807, 2.05) is 0 Å². The molecule has 0 saturated heterocycles. The summed E-state index contributed by atoms with van der Waals surface area (Å²) in [6, 6.07) is 5.83. The van der Waals surface area contributed by atoms with E-state index in [-0.39, 0.29) is 17.3 Å². The standard InChI is InChI=1S/C17H15NO5/c1-10(19)4-9-15-17(16(11(2)20)12(3)23-15)13-5-7-14(8-6-13)18(21)22/h4-9H,1-3H3/b9-4+. The van der Waals surface area contributed by atoms with Crippen LogP contribution in [-0.4, -0.2) is 16.5 Å². The van der Waals surface area contributed by atoms with Gasteiger partial charge in [-0.15, -0.1) is 0 Å². The fourth-order valence-electron chi connectivity index (χ4n) is 2.34. The maximum Gasteiger partial charge on any atom is 0.269 e. The quantitative estimate of drug-likeness (QED) is 0.360. The zero-order chi connectivity index (χ0) is 17.1. The molecular formula is C17H15NO5. The van der Waals surface area contributed by atoms with Crippen LogP contribution in [0, 0.1) is 17.0 Å². The summed E-state index contributed by atoms with van der Waals surface area (Å²) in [5.41, 5.74) is 1.50. The molecular weight excluding hydrogens is 298 g/mol. The lowest BCUT2D eigenvalue weighted by molar-refractivity contribution is -0.384. The summed E-state index contributed by atoms with van der Waals surface area (Å²) in [4.78, 5) is 33.3. The van der Waals surface area contributed by atoms with Gasteiger partial charge in [0.2, 0.25) is 0 Å². The molecule has 6 nitrogen and oxygen atoms in total. The third kappa shape index (κ3) is 3.42. The number of Topliss-reactive ketones (excluding diaryl/α,β-unsaturated/α-hetero) is 1. The zero-order valence-electron chi connectivity index (χ0n) is 13.0. The highest BCUT2D eigenvalue weighted by molar-refractivity contribution is 6.04. The number of ketones is 2. The number of hydrogen-bond donors (Lipinski definition) is 0. The molecule has 2 aromatic rings. The average Bonchev–Trinajstić information content (AvgIpc) is 2.81. The Morgan fingerprint density at radius 3 is 2.26 bits per heavy atom. The molecule has 0 fully saturated rings. The number of carbonyl (C=O) groups excluding carboxylic acids is 2. The maximum absolute atomic E-state index is 11.9. The summed E-state index contributed by atoms with van der Waals surface area (Å²) in [7, 11) is 0. The number of rotatable bonds is 5. The van der Waals surface area contributed by atoms with Crippen molar-refractivity contribution in [3.05, 3.63) is 57.5 Å². The normalized spacial score (nSPS) is 10.9. The topological polar surface area (TPSA) is 90.4 Å². The van der Waals surface area contributed by atoms with Crippen molar-refractivity contribution in [2.45, 2.75) is 20.8 Å². The first-order chi connectivity index (χ1) is 10.8. The van der Waals surface area contributed by atoms with Gasteiger partial charge in [-0.1, -0.05) is 0 Å². The number of allylic oxidation sites excluding steroid dienone is 1. The Morgan fingerprint density at radius 2 is 1.78 bits per heavy atom. The minimum atomic E-state index is -0.493. The Labute approximate surface area is 132 Å². The van der Waals surface area contributed by atoms with E-state index in [1.54, 1.807) is 19.1 Å². The SMILES string of the molecule is CC(=O)/C=C/c1oc(C)c(C(C)=O)c1-c1ccc([N+](=O)[O-])cc1. The number of non-ortho nitro benzene ring substituents is 1. The van der Waals surface area contributed by atoms with Gasteiger partial charge in [0.05, 0.1) is 10.5 Å². The van der Waals surface area contributed by atoms with Crippen molar-refractivity contribution in [1.29, 1.82) is 0 Å². The molecule has 0 unspecified atom stereocenters. The second-order valence-electron chi connectivity index (χ2n) is 5.08. The van der Waals surface area contributed by atoms with E-state index in [4.69, 9.17) is 4.42 Å². The summed E-state index contributed by atoms with van der Waals surface area (Å²) >= 11 is 0. The Hall–Kier alpha value is -3.02. The van der Waals surface area contributed by atoms with E-state index < -0.39 is 4.92 Å². The van der Waals surface area contributed by atoms with Crippen LogP contribution in [0.5, 0.6) is 0 Å². The largest absolute Gasteiger partial charge is 0.461 e. The molecule has 0 amide bonds. The first-order valence-electron chi connectivity index (χ1n) is 6.89. The molecule has 0 saturated carbocycles. The summed E-state index contributed by atoms with van der Waals surface area (Å²) in [6.07, 6.45) is 2.84. The molecule has 0 aliphatic rings. The fourth-order valence-corrected chi connectivity index (χ4v) is 2.34. The Morgan fingerprint density at radius 1 is 1.17 bits per heavy atom. The highest BCUT2D eigenvalue weighted by atomic mass is 16.6. The van der Waals surface area contributed by atoms with Crippen LogP contribution in [0.1, 0.15) is 35.7 Å². The van der Waals surface area contributed by atoms with Crippen LogP contribution in [0.4, 0.5) is 5.69 Å². The maximum atomic E-state index is 11.9. The first kappa shape index (κ1) is 16.4. The fraction of sp³-hybridized carbons (Fsp3) is 0.176. The van der Waals surface area contributed by atoms with E-state index in [0.29, 0.717) is 28.2 Å². The minimum Gasteiger partial charge on any atom is -0.461 e. The van der Waals surface area contributed by atoms with Crippen molar-refractivity contribution in [3.63, 3.8) is 0 Å². The van der Waals surface area contributed by atoms with Gasteiger partial charge >= 0.3 is 0 Å².